The fourth-order valence-electron chi connectivity index (χ4n) is 4.66. The maximum atomic E-state index is 13.2. The van der Waals surface area contributed by atoms with Crippen LogP contribution in [-0.4, -0.2) is 81.3 Å². The van der Waals surface area contributed by atoms with Gasteiger partial charge < -0.3 is 15.1 Å². The van der Waals surface area contributed by atoms with Crippen molar-refractivity contribution in [1.29, 1.82) is 0 Å². The predicted octanol–water partition coefficient (Wildman–Crippen LogP) is 5.17. The van der Waals surface area contributed by atoms with Gasteiger partial charge in [0.25, 0.3) is 5.91 Å². The van der Waals surface area contributed by atoms with Gasteiger partial charge in [0, 0.05) is 55.2 Å². The van der Waals surface area contributed by atoms with Gasteiger partial charge in [-0.25, -0.2) is 23.1 Å². The van der Waals surface area contributed by atoms with Crippen LogP contribution < -0.4 is 20.3 Å². The number of hydrogen-bond donors (Lipinski definition) is 3. The molecule has 0 unspecified atom stereocenters. The summed E-state index contributed by atoms with van der Waals surface area (Å²) in [5, 5.41) is 9.81. The number of amides is 1. The number of unbranched alkanes of at least 4 members (excludes halogenated alkanes) is 1. The topological polar surface area (TPSA) is 120 Å². The highest BCUT2D eigenvalue weighted by molar-refractivity contribution is 7.88. The number of sulfonamides is 1. The third-order valence-corrected chi connectivity index (χ3v) is 10.1. The summed E-state index contributed by atoms with van der Waals surface area (Å²) < 4.78 is 24.9. The van der Waals surface area contributed by atoms with Crippen LogP contribution in [0.25, 0.3) is 10.6 Å². The Morgan fingerprint density at radius 2 is 1.98 bits per heavy atom. The SMILES string of the molecule is CCCCN(C)Cc1sc(NC(=O)c2cnc(N3CCC(NCCNS(C)(=O)=O)CC3)c(Cl)c2)nc1-c1cc(Cl)cs1. The summed E-state index contributed by atoms with van der Waals surface area (Å²) in [6.07, 6.45) is 6.68. The number of thiazole rings is 1. The van der Waals surface area contributed by atoms with Gasteiger partial charge in [-0.15, -0.1) is 11.3 Å². The number of hydrogen-bond acceptors (Lipinski definition) is 10. The molecule has 0 aliphatic carbocycles. The quantitative estimate of drug-likeness (QED) is 0.201. The number of carbonyl (C=O) groups excluding carboxylic acids is 1. The molecule has 15 heteroatoms. The first-order valence-corrected chi connectivity index (χ1v) is 18.2. The number of halogens is 2. The Morgan fingerprint density at radius 3 is 2.62 bits per heavy atom. The van der Waals surface area contributed by atoms with E-state index in [2.05, 4.69) is 44.1 Å². The number of piperidine rings is 1. The van der Waals surface area contributed by atoms with Crippen LogP contribution in [-0.2, 0) is 16.6 Å². The van der Waals surface area contributed by atoms with E-state index in [1.54, 1.807) is 12.3 Å². The number of aromatic nitrogens is 2. The summed E-state index contributed by atoms with van der Waals surface area (Å²) in [6.45, 7) is 6.31. The summed E-state index contributed by atoms with van der Waals surface area (Å²) in [4.78, 5) is 28.9. The van der Waals surface area contributed by atoms with E-state index in [4.69, 9.17) is 28.2 Å². The second kappa shape index (κ2) is 15.2. The summed E-state index contributed by atoms with van der Waals surface area (Å²) in [7, 11) is -1.09. The Balaban J connectivity index is 1.37. The number of nitrogens with zero attached hydrogens (tertiary/aromatic N) is 4. The number of thiophene rings is 1. The summed E-state index contributed by atoms with van der Waals surface area (Å²) in [5.41, 5.74) is 1.20. The van der Waals surface area contributed by atoms with E-state index in [0.29, 0.717) is 39.6 Å². The fourth-order valence-corrected chi connectivity index (χ4v) is 7.62. The highest BCUT2D eigenvalue weighted by Gasteiger charge is 2.23. The van der Waals surface area contributed by atoms with Crippen molar-refractivity contribution in [3.63, 3.8) is 0 Å². The van der Waals surface area contributed by atoms with Gasteiger partial charge in [0.1, 0.15) is 5.82 Å². The van der Waals surface area contributed by atoms with Crippen LogP contribution in [0, 0.1) is 0 Å². The highest BCUT2D eigenvalue weighted by atomic mass is 35.5. The van der Waals surface area contributed by atoms with Gasteiger partial charge in [-0.2, -0.15) is 0 Å². The second-order valence-corrected chi connectivity index (χ2v) is 15.0. The van der Waals surface area contributed by atoms with Crippen LogP contribution in [0.15, 0.2) is 23.7 Å². The Hall–Kier alpha value is -1.84. The molecule has 1 amide bonds. The lowest BCUT2D eigenvalue weighted by Crippen LogP contribution is -2.45. The molecule has 230 valence electrons. The van der Waals surface area contributed by atoms with Crippen LogP contribution in [0.3, 0.4) is 0 Å². The molecule has 0 saturated carbocycles. The second-order valence-electron chi connectivity index (χ2n) is 10.4. The molecular formula is C27H37Cl2N7O3S3. The molecule has 0 radical (unpaired) electrons. The van der Waals surface area contributed by atoms with E-state index >= 15 is 0 Å². The van der Waals surface area contributed by atoms with Crippen molar-refractivity contribution in [2.75, 3.05) is 56.2 Å². The Kier molecular flexibility index (Phi) is 12.0. The molecule has 3 aromatic rings. The monoisotopic (exact) mass is 673 g/mol. The number of carbonyl (C=O) groups is 1. The van der Waals surface area contributed by atoms with Crippen molar-refractivity contribution in [3.8, 4) is 10.6 Å². The molecule has 1 aliphatic heterocycles. The smallest absolute Gasteiger partial charge is 0.259 e. The maximum absolute atomic E-state index is 13.2. The zero-order valence-electron chi connectivity index (χ0n) is 24.0. The van der Waals surface area contributed by atoms with E-state index in [9.17, 15) is 13.2 Å². The third-order valence-electron chi connectivity index (χ3n) is 6.83. The highest BCUT2D eigenvalue weighted by Crippen LogP contribution is 2.37. The lowest BCUT2D eigenvalue weighted by Gasteiger charge is -2.33. The molecule has 0 bridgehead atoms. The minimum absolute atomic E-state index is 0.288. The molecule has 4 heterocycles. The molecule has 0 spiro atoms. The number of rotatable bonds is 14. The first kappa shape index (κ1) is 33.1. The van der Waals surface area contributed by atoms with E-state index in [0.717, 1.165) is 73.6 Å². The van der Waals surface area contributed by atoms with E-state index in [-0.39, 0.29) is 11.9 Å². The molecule has 42 heavy (non-hydrogen) atoms. The molecular weight excluding hydrogens is 637 g/mol. The van der Waals surface area contributed by atoms with Crippen molar-refractivity contribution >= 4 is 72.8 Å². The molecule has 1 aliphatic rings. The first-order valence-electron chi connectivity index (χ1n) is 13.8. The molecule has 0 atom stereocenters. The molecule has 3 N–H and O–H groups in total. The van der Waals surface area contributed by atoms with Gasteiger partial charge in [0.05, 0.1) is 32.4 Å². The van der Waals surface area contributed by atoms with E-state index in [1.165, 1.54) is 22.7 Å². The molecule has 4 rings (SSSR count). The van der Waals surface area contributed by atoms with Crippen LogP contribution in [0.1, 0.15) is 47.8 Å². The van der Waals surface area contributed by atoms with Crippen LogP contribution in [0.4, 0.5) is 10.9 Å². The van der Waals surface area contributed by atoms with Crippen molar-refractivity contribution < 1.29 is 13.2 Å². The largest absolute Gasteiger partial charge is 0.355 e. The molecule has 3 aromatic heterocycles. The molecule has 1 fully saturated rings. The fraction of sp³-hybridized carbons (Fsp3) is 0.519. The van der Waals surface area contributed by atoms with Gasteiger partial charge >= 0.3 is 0 Å². The minimum Gasteiger partial charge on any atom is -0.355 e. The van der Waals surface area contributed by atoms with E-state index in [1.807, 2.05) is 11.4 Å². The summed E-state index contributed by atoms with van der Waals surface area (Å²) in [5.74, 6) is 0.325. The summed E-state index contributed by atoms with van der Waals surface area (Å²) >= 11 is 15.8. The van der Waals surface area contributed by atoms with Gasteiger partial charge in [0.15, 0.2) is 5.13 Å². The lowest BCUT2D eigenvalue weighted by atomic mass is 10.0. The Labute approximate surface area is 265 Å². The van der Waals surface area contributed by atoms with Crippen molar-refractivity contribution in [1.82, 2.24) is 24.9 Å². The van der Waals surface area contributed by atoms with Gasteiger partial charge in [-0.1, -0.05) is 47.9 Å². The van der Waals surface area contributed by atoms with Crippen molar-refractivity contribution in [3.05, 3.63) is 44.2 Å². The number of pyridine rings is 1. The van der Waals surface area contributed by atoms with Crippen LogP contribution in [0.5, 0.6) is 0 Å². The van der Waals surface area contributed by atoms with Gasteiger partial charge in [-0.3, -0.25) is 10.1 Å². The van der Waals surface area contributed by atoms with Crippen LogP contribution >= 0.6 is 45.9 Å². The molecule has 0 aromatic carbocycles. The van der Waals surface area contributed by atoms with E-state index < -0.39 is 10.0 Å². The molecule has 1 saturated heterocycles. The lowest BCUT2D eigenvalue weighted by molar-refractivity contribution is 0.102. The minimum atomic E-state index is -3.18. The Bertz CT molecular complexity index is 1460. The van der Waals surface area contributed by atoms with Gasteiger partial charge in [0.2, 0.25) is 10.0 Å². The van der Waals surface area contributed by atoms with Gasteiger partial charge in [-0.05, 0) is 45.0 Å². The average Bonchev–Trinajstić information content (AvgIpc) is 3.55. The third kappa shape index (κ3) is 9.58. The number of anilines is 2. The number of nitrogens with one attached hydrogen (secondary N) is 3. The van der Waals surface area contributed by atoms with Crippen molar-refractivity contribution in [2.24, 2.45) is 0 Å². The molecule has 10 nitrogen and oxygen atoms in total. The zero-order valence-corrected chi connectivity index (χ0v) is 27.9. The maximum Gasteiger partial charge on any atom is 0.259 e. The van der Waals surface area contributed by atoms with Crippen LogP contribution in [0.2, 0.25) is 10.0 Å². The Morgan fingerprint density at radius 1 is 1.21 bits per heavy atom. The average molecular weight is 675 g/mol. The zero-order chi connectivity index (χ0) is 30.3. The van der Waals surface area contributed by atoms with Crippen molar-refractivity contribution in [2.45, 2.75) is 45.2 Å². The predicted molar refractivity (Wildman–Crippen MR) is 175 cm³/mol. The summed E-state index contributed by atoms with van der Waals surface area (Å²) in [6, 6.07) is 3.84. The normalized spacial score (nSPS) is 14.6. The standard InChI is InChI=1S/C27H37Cl2N7O3S3/c1-4-5-10-35(2)16-23-24(22-14-19(28)17-40-22)33-27(41-23)34-26(37)18-13-21(29)25(31-15-18)36-11-6-20(7-12-36)30-8-9-32-42(3,38)39/h13-15,17,20,30,32H,4-12,16H2,1-3H3,(H,33,34,37). The first-order chi connectivity index (χ1) is 20.0.